The van der Waals surface area contributed by atoms with Crippen LogP contribution in [0.3, 0.4) is 0 Å². The molecule has 7 heteroatoms. The van der Waals surface area contributed by atoms with E-state index in [1.807, 2.05) is 12.3 Å². The van der Waals surface area contributed by atoms with E-state index in [2.05, 4.69) is 4.98 Å². The third-order valence-electron chi connectivity index (χ3n) is 4.00. The molecule has 1 amide bonds. The first-order valence-corrected chi connectivity index (χ1v) is 8.92. The average molecular weight is 348 g/mol. The van der Waals surface area contributed by atoms with Gasteiger partial charge in [-0.3, -0.25) is 9.59 Å². The highest BCUT2D eigenvalue weighted by Crippen LogP contribution is 2.17. The number of nitrogens with zero attached hydrogens (tertiary/aromatic N) is 2. The van der Waals surface area contributed by atoms with E-state index in [0.717, 1.165) is 17.1 Å². The highest BCUT2D eigenvalue weighted by atomic mass is 32.1. The van der Waals surface area contributed by atoms with Crippen LogP contribution in [0.5, 0.6) is 0 Å². The molecule has 0 radical (unpaired) electrons. The van der Waals surface area contributed by atoms with E-state index >= 15 is 0 Å². The number of furan rings is 1. The summed E-state index contributed by atoms with van der Waals surface area (Å²) in [5.41, 5.74) is 0.796. The molecule has 0 saturated carbocycles. The lowest BCUT2D eigenvalue weighted by Gasteiger charge is -2.35. The lowest BCUT2D eigenvalue weighted by Crippen LogP contribution is -2.50. The van der Waals surface area contributed by atoms with Gasteiger partial charge in [-0.25, -0.2) is 4.98 Å². The first-order valence-electron chi connectivity index (χ1n) is 8.04. The maximum atomic E-state index is 12.6. The Morgan fingerprint density at radius 1 is 1.46 bits per heavy atom. The Labute approximate surface area is 144 Å². The molecule has 1 atom stereocenters. The maximum absolute atomic E-state index is 12.6. The number of hydrogen-bond acceptors (Lipinski definition) is 6. The van der Waals surface area contributed by atoms with Crippen LogP contribution in [0.4, 0.5) is 0 Å². The summed E-state index contributed by atoms with van der Waals surface area (Å²) in [6.45, 7) is 3.41. The summed E-state index contributed by atoms with van der Waals surface area (Å²) in [7, 11) is 0. The zero-order chi connectivity index (χ0) is 16.9. The number of rotatable bonds is 6. The van der Waals surface area contributed by atoms with Crippen LogP contribution in [0.1, 0.15) is 34.6 Å². The largest absolute Gasteiger partial charge is 0.461 e. The van der Waals surface area contributed by atoms with Gasteiger partial charge in [-0.05, 0) is 18.6 Å². The fraction of sp³-hybridized carbons (Fsp3) is 0.471. The van der Waals surface area contributed by atoms with Crippen molar-refractivity contribution in [2.24, 2.45) is 0 Å². The molecule has 1 aliphatic rings. The van der Waals surface area contributed by atoms with Gasteiger partial charge in [-0.15, -0.1) is 11.3 Å². The molecule has 2 aromatic rings. The highest BCUT2D eigenvalue weighted by molar-refractivity contribution is 7.09. The van der Waals surface area contributed by atoms with E-state index in [1.54, 1.807) is 28.4 Å². The first-order chi connectivity index (χ1) is 11.7. The Morgan fingerprint density at radius 3 is 3.04 bits per heavy atom. The van der Waals surface area contributed by atoms with E-state index in [9.17, 15) is 9.59 Å². The number of amides is 1. The standard InChI is InChI=1S/C17H20N2O4S/c1-2-16-18-12(11-24-16)8-17(21)19-5-7-22-10-13(19)9-14(20)15-4-3-6-23-15/h3-4,6,11,13H,2,5,7-10H2,1H3. The van der Waals surface area contributed by atoms with Crippen LogP contribution in [0.15, 0.2) is 28.2 Å². The van der Waals surface area contributed by atoms with Gasteiger partial charge in [0.15, 0.2) is 11.5 Å². The van der Waals surface area contributed by atoms with Crippen molar-refractivity contribution < 1.29 is 18.7 Å². The molecule has 1 saturated heterocycles. The molecule has 24 heavy (non-hydrogen) atoms. The lowest BCUT2D eigenvalue weighted by atomic mass is 10.1. The summed E-state index contributed by atoms with van der Waals surface area (Å²) in [6.07, 6.45) is 2.82. The van der Waals surface area contributed by atoms with Crippen LogP contribution in [-0.4, -0.2) is 47.4 Å². The van der Waals surface area contributed by atoms with Crippen molar-refractivity contribution in [3.63, 3.8) is 0 Å². The number of aromatic nitrogens is 1. The fourth-order valence-electron chi connectivity index (χ4n) is 2.75. The summed E-state index contributed by atoms with van der Waals surface area (Å²) in [5.74, 6) is 0.193. The molecule has 2 aromatic heterocycles. The second-order valence-corrected chi connectivity index (χ2v) is 6.63. The number of carbonyl (C=O) groups excluding carboxylic acids is 2. The van der Waals surface area contributed by atoms with Gasteiger partial charge < -0.3 is 14.1 Å². The Hall–Kier alpha value is -1.99. The second-order valence-electron chi connectivity index (χ2n) is 5.68. The molecule has 0 N–H and O–H groups in total. The summed E-state index contributed by atoms with van der Waals surface area (Å²) >= 11 is 1.57. The zero-order valence-electron chi connectivity index (χ0n) is 13.6. The lowest BCUT2D eigenvalue weighted by molar-refractivity contribution is -0.139. The number of ether oxygens (including phenoxy) is 1. The summed E-state index contributed by atoms with van der Waals surface area (Å²) in [5, 5.41) is 2.96. The Kier molecular flexibility index (Phi) is 5.42. The molecule has 3 heterocycles. The van der Waals surface area contributed by atoms with Crippen LogP contribution in [0, 0.1) is 0 Å². The molecule has 1 unspecified atom stereocenters. The van der Waals surface area contributed by atoms with Crippen molar-refractivity contribution in [2.45, 2.75) is 32.2 Å². The molecule has 0 aliphatic carbocycles. The predicted molar refractivity (Wildman–Crippen MR) is 89.2 cm³/mol. The maximum Gasteiger partial charge on any atom is 0.229 e. The summed E-state index contributed by atoms with van der Waals surface area (Å²) in [6, 6.07) is 3.06. The number of hydrogen-bond donors (Lipinski definition) is 0. The van der Waals surface area contributed by atoms with E-state index in [4.69, 9.17) is 9.15 Å². The Morgan fingerprint density at radius 2 is 2.33 bits per heavy atom. The zero-order valence-corrected chi connectivity index (χ0v) is 14.4. The van der Waals surface area contributed by atoms with Gasteiger partial charge in [0.2, 0.25) is 5.91 Å². The number of morpholine rings is 1. The second kappa shape index (κ2) is 7.72. The van der Waals surface area contributed by atoms with Gasteiger partial charge in [0, 0.05) is 18.3 Å². The van der Waals surface area contributed by atoms with Gasteiger partial charge in [0.25, 0.3) is 0 Å². The smallest absolute Gasteiger partial charge is 0.229 e. The van der Waals surface area contributed by atoms with Crippen LogP contribution < -0.4 is 0 Å². The van der Waals surface area contributed by atoms with Crippen LogP contribution in [-0.2, 0) is 22.4 Å². The minimum Gasteiger partial charge on any atom is -0.461 e. The predicted octanol–water partition coefficient (Wildman–Crippen LogP) is 2.34. The molecule has 3 rings (SSSR count). The van der Waals surface area contributed by atoms with Crippen molar-refractivity contribution in [3.05, 3.63) is 40.2 Å². The van der Waals surface area contributed by atoms with Crippen molar-refractivity contribution in [3.8, 4) is 0 Å². The molecule has 1 fully saturated rings. The molecule has 128 valence electrons. The number of ketones is 1. The number of thiazole rings is 1. The first kappa shape index (κ1) is 16.9. The van der Waals surface area contributed by atoms with Gasteiger partial charge >= 0.3 is 0 Å². The highest BCUT2D eigenvalue weighted by Gasteiger charge is 2.30. The molecular formula is C17H20N2O4S. The number of carbonyl (C=O) groups is 2. The molecule has 0 spiro atoms. The average Bonchev–Trinajstić information content (AvgIpc) is 3.27. The monoisotopic (exact) mass is 348 g/mol. The van der Waals surface area contributed by atoms with Gasteiger partial charge in [-0.1, -0.05) is 6.92 Å². The van der Waals surface area contributed by atoms with E-state index in [1.165, 1.54) is 6.26 Å². The van der Waals surface area contributed by atoms with Crippen LogP contribution >= 0.6 is 11.3 Å². The van der Waals surface area contributed by atoms with Gasteiger partial charge in [-0.2, -0.15) is 0 Å². The van der Waals surface area contributed by atoms with E-state index in [0.29, 0.717) is 25.5 Å². The molecule has 0 aromatic carbocycles. The molecule has 6 nitrogen and oxygen atoms in total. The molecule has 0 bridgehead atoms. The number of Topliss-reactive ketones (excluding diaryl/α,β-unsaturated/α-hetero) is 1. The molecular weight excluding hydrogens is 328 g/mol. The summed E-state index contributed by atoms with van der Waals surface area (Å²) < 4.78 is 10.6. The minimum atomic E-state index is -0.256. The Balaban J connectivity index is 1.64. The van der Waals surface area contributed by atoms with E-state index in [-0.39, 0.29) is 30.6 Å². The quantitative estimate of drug-likeness (QED) is 0.749. The normalized spacial score (nSPS) is 17.9. The topological polar surface area (TPSA) is 72.6 Å². The summed E-state index contributed by atoms with van der Waals surface area (Å²) in [4.78, 5) is 31.1. The third kappa shape index (κ3) is 3.91. The van der Waals surface area contributed by atoms with Gasteiger partial charge in [0.1, 0.15) is 0 Å². The van der Waals surface area contributed by atoms with Gasteiger partial charge in [0.05, 0.1) is 42.6 Å². The van der Waals surface area contributed by atoms with Crippen LogP contribution in [0.25, 0.3) is 0 Å². The van der Waals surface area contributed by atoms with Crippen molar-refractivity contribution in [1.82, 2.24) is 9.88 Å². The van der Waals surface area contributed by atoms with Crippen molar-refractivity contribution in [1.29, 1.82) is 0 Å². The third-order valence-corrected chi connectivity index (χ3v) is 5.04. The number of aryl methyl sites for hydroxylation is 1. The van der Waals surface area contributed by atoms with Crippen molar-refractivity contribution in [2.75, 3.05) is 19.8 Å². The fourth-order valence-corrected chi connectivity index (χ4v) is 3.50. The van der Waals surface area contributed by atoms with Crippen molar-refractivity contribution >= 4 is 23.0 Å². The minimum absolute atomic E-state index is 0.0107. The molecule has 1 aliphatic heterocycles. The Bertz CT molecular complexity index is 695. The van der Waals surface area contributed by atoms with E-state index < -0.39 is 0 Å². The van der Waals surface area contributed by atoms with Crippen LogP contribution in [0.2, 0.25) is 0 Å². The SMILES string of the molecule is CCc1nc(CC(=O)N2CCOCC2CC(=O)c2ccco2)cs1.